The smallest absolute Gasteiger partial charge is 0.322 e. The molecule has 2 amide bonds. The molecule has 4 heterocycles. The fourth-order valence-electron chi connectivity index (χ4n) is 3.27. The van der Waals surface area contributed by atoms with E-state index in [0.29, 0.717) is 11.9 Å². The predicted molar refractivity (Wildman–Crippen MR) is 84.3 cm³/mol. The third kappa shape index (κ3) is 2.18. The van der Waals surface area contributed by atoms with Gasteiger partial charge in [0.15, 0.2) is 5.84 Å². The Morgan fingerprint density at radius 2 is 2.14 bits per heavy atom. The first-order chi connectivity index (χ1) is 10.7. The zero-order valence-corrected chi connectivity index (χ0v) is 12.4. The Kier molecular flexibility index (Phi) is 3.15. The molecule has 0 bridgehead atoms. The van der Waals surface area contributed by atoms with Crippen LogP contribution in [-0.2, 0) is 0 Å². The van der Waals surface area contributed by atoms with Crippen molar-refractivity contribution < 1.29 is 4.79 Å². The molecule has 2 N–H and O–H groups in total. The molecule has 0 saturated carbocycles. The quantitative estimate of drug-likeness (QED) is 0.856. The lowest BCUT2D eigenvalue weighted by Crippen LogP contribution is -2.34. The van der Waals surface area contributed by atoms with Gasteiger partial charge in [-0.3, -0.25) is 4.68 Å². The van der Waals surface area contributed by atoms with Gasteiger partial charge < -0.3 is 10.6 Å². The van der Waals surface area contributed by atoms with Crippen LogP contribution >= 0.6 is 0 Å². The third-order valence-electron chi connectivity index (χ3n) is 4.42. The van der Waals surface area contributed by atoms with Crippen molar-refractivity contribution in [3.63, 3.8) is 0 Å². The van der Waals surface area contributed by atoms with E-state index >= 15 is 0 Å². The standard InChI is InChI=1S/C15H18N6O/c1-9-12(8-21(20-9)10-2-5-16-6-3-10)11-4-7-17-14-13(11)18-15(22)19-14/h4,7-8,10,13,16H,2-3,5-6H2,1H3,(H,18,22). The first-order valence-electron chi connectivity index (χ1n) is 7.62. The number of carbonyl (C=O) groups is 1. The summed E-state index contributed by atoms with van der Waals surface area (Å²) in [5.41, 5.74) is 3.04. The van der Waals surface area contributed by atoms with Crippen molar-refractivity contribution in [3.8, 4) is 0 Å². The molecular formula is C15H18N6O. The van der Waals surface area contributed by atoms with Crippen molar-refractivity contribution in [2.24, 2.45) is 9.98 Å². The van der Waals surface area contributed by atoms with Gasteiger partial charge in [-0.05, 0) is 44.5 Å². The number of hydrogen-bond acceptors (Lipinski definition) is 4. The molecule has 1 atom stereocenters. The van der Waals surface area contributed by atoms with Gasteiger partial charge in [0.2, 0.25) is 0 Å². The Morgan fingerprint density at radius 3 is 2.95 bits per heavy atom. The summed E-state index contributed by atoms with van der Waals surface area (Å²) < 4.78 is 2.08. The van der Waals surface area contributed by atoms with Gasteiger partial charge in [-0.15, -0.1) is 0 Å². The van der Waals surface area contributed by atoms with Crippen molar-refractivity contribution in [2.45, 2.75) is 31.8 Å². The topological polar surface area (TPSA) is 83.7 Å². The van der Waals surface area contributed by atoms with E-state index in [9.17, 15) is 4.79 Å². The van der Waals surface area contributed by atoms with E-state index in [2.05, 4.69) is 31.5 Å². The highest BCUT2D eigenvalue weighted by Crippen LogP contribution is 2.28. The molecule has 3 aliphatic heterocycles. The van der Waals surface area contributed by atoms with Crippen molar-refractivity contribution in [3.05, 3.63) is 23.5 Å². The Bertz CT molecular complexity index is 708. The summed E-state index contributed by atoms with van der Waals surface area (Å²) in [6.45, 7) is 4.07. The number of carbonyl (C=O) groups excluding carboxylic acids is 1. The average Bonchev–Trinajstić information content (AvgIpc) is 3.10. The summed E-state index contributed by atoms with van der Waals surface area (Å²) in [6.07, 6.45) is 7.92. The van der Waals surface area contributed by atoms with E-state index < -0.39 is 0 Å². The maximum absolute atomic E-state index is 11.5. The zero-order chi connectivity index (χ0) is 15.1. The lowest BCUT2D eigenvalue weighted by molar-refractivity contribution is 0.251. The fourth-order valence-corrected chi connectivity index (χ4v) is 3.27. The highest BCUT2D eigenvalue weighted by Gasteiger charge is 2.32. The van der Waals surface area contributed by atoms with Gasteiger partial charge in [-0.2, -0.15) is 10.1 Å². The summed E-state index contributed by atoms with van der Waals surface area (Å²) in [6, 6.07) is -0.131. The second kappa shape index (κ2) is 5.17. The predicted octanol–water partition coefficient (Wildman–Crippen LogP) is 1.07. The number of rotatable bonds is 2. The van der Waals surface area contributed by atoms with Crippen LogP contribution in [0.5, 0.6) is 0 Å². The van der Waals surface area contributed by atoms with Gasteiger partial charge in [0, 0.05) is 18.0 Å². The van der Waals surface area contributed by atoms with Crippen molar-refractivity contribution >= 4 is 23.7 Å². The van der Waals surface area contributed by atoms with Gasteiger partial charge >= 0.3 is 6.03 Å². The fraction of sp³-hybridized carbons (Fsp3) is 0.467. The second-order valence-corrected chi connectivity index (χ2v) is 5.84. The van der Waals surface area contributed by atoms with Crippen LogP contribution in [0.1, 0.15) is 30.1 Å². The minimum absolute atomic E-state index is 0.248. The van der Waals surface area contributed by atoms with Crippen LogP contribution in [0.15, 0.2) is 22.3 Å². The van der Waals surface area contributed by atoms with Crippen LogP contribution in [0.3, 0.4) is 0 Å². The molecule has 1 aromatic rings. The summed E-state index contributed by atoms with van der Waals surface area (Å²) >= 11 is 0. The van der Waals surface area contributed by atoms with Crippen molar-refractivity contribution in [1.82, 2.24) is 20.4 Å². The molecular weight excluding hydrogens is 280 g/mol. The van der Waals surface area contributed by atoms with Crippen LogP contribution in [0, 0.1) is 6.92 Å². The number of fused-ring (bicyclic) bond motifs is 1. The highest BCUT2D eigenvalue weighted by molar-refractivity contribution is 6.17. The first kappa shape index (κ1) is 13.4. The maximum atomic E-state index is 11.5. The number of nitrogens with one attached hydrogen (secondary N) is 2. The van der Waals surface area contributed by atoms with Gasteiger partial charge in [-0.25, -0.2) is 9.79 Å². The minimum atomic E-state index is -0.326. The molecule has 0 spiro atoms. The summed E-state index contributed by atoms with van der Waals surface area (Å²) in [5, 5.41) is 10.9. The second-order valence-electron chi connectivity index (χ2n) is 5.84. The van der Waals surface area contributed by atoms with Crippen LogP contribution < -0.4 is 10.6 Å². The number of allylic oxidation sites excluding steroid dienone is 1. The zero-order valence-electron chi connectivity index (χ0n) is 12.4. The Hall–Kier alpha value is -2.28. The molecule has 1 fully saturated rings. The number of urea groups is 1. The molecule has 22 heavy (non-hydrogen) atoms. The summed E-state index contributed by atoms with van der Waals surface area (Å²) in [4.78, 5) is 19.6. The van der Waals surface area contributed by atoms with E-state index in [0.717, 1.165) is 42.8 Å². The van der Waals surface area contributed by atoms with E-state index in [-0.39, 0.29) is 12.1 Å². The molecule has 0 aliphatic carbocycles. The van der Waals surface area contributed by atoms with Crippen molar-refractivity contribution in [2.75, 3.05) is 13.1 Å². The number of hydrogen-bond donors (Lipinski definition) is 2. The van der Waals surface area contributed by atoms with E-state index in [1.165, 1.54) is 0 Å². The number of amides is 2. The van der Waals surface area contributed by atoms with Crippen LogP contribution in [-0.4, -0.2) is 47.0 Å². The molecule has 7 nitrogen and oxygen atoms in total. The number of amidine groups is 1. The number of aliphatic imine (C=N–C) groups is 2. The largest absolute Gasteiger partial charge is 0.343 e. The SMILES string of the molecule is Cc1nn(C2CCNCC2)cc1C1=CC=NC2=NC(=O)NC12. The number of nitrogens with zero attached hydrogens (tertiary/aromatic N) is 4. The number of piperidine rings is 1. The van der Waals surface area contributed by atoms with Crippen LogP contribution in [0.2, 0.25) is 0 Å². The lowest BCUT2D eigenvalue weighted by Gasteiger charge is -2.23. The number of aryl methyl sites for hydroxylation is 1. The highest BCUT2D eigenvalue weighted by atomic mass is 16.2. The van der Waals surface area contributed by atoms with Crippen LogP contribution in [0.4, 0.5) is 4.79 Å². The lowest BCUT2D eigenvalue weighted by atomic mass is 9.97. The Labute approximate surface area is 128 Å². The maximum Gasteiger partial charge on any atom is 0.343 e. The Morgan fingerprint density at radius 1 is 1.32 bits per heavy atom. The summed E-state index contributed by atoms with van der Waals surface area (Å²) in [5.74, 6) is 0.538. The van der Waals surface area contributed by atoms with Gasteiger partial charge in [-0.1, -0.05) is 0 Å². The van der Waals surface area contributed by atoms with Crippen LogP contribution in [0.25, 0.3) is 5.57 Å². The van der Waals surface area contributed by atoms with Crippen molar-refractivity contribution in [1.29, 1.82) is 0 Å². The molecule has 0 aromatic carbocycles. The van der Waals surface area contributed by atoms with E-state index in [1.807, 2.05) is 13.0 Å². The van der Waals surface area contributed by atoms with Gasteiger partial charge in [0.1, 0.15) is 6.04 Å². The number of dihydropyridines is 1. The third-order valence-corrected chi connectivity index (χ3v) is 4.42. The van der Waals surface area contributed by atoms with E-state index in [4.69, 9.17) is 5.10 Å². The summed E-state index contributed by atoms with van der Waals surface area (Å²) in [7, 11) is 0. The minimum Gasteiger partial charge on any atom is -0.322 e. The molecule has 1 saturated heterocycles. The average molecular weight is 298 g/mol. The van der Waals surface area contributed by atoms with E-state index in [1.54, 1.807) is 6.21 Å². The molecule has 1 aromatic heterocycles. The molecule has 1 unspecified atom stereocenters. The molecule has 4 rings (SSSR count). The molecule has 114 valence electrons. The van der Waals surface area contributed by atoms with Gasteiger partial charge in [0.05, 0.1) is 11.7 Å². The molecule has 3 aliphatic rings. The van der Waals surface area contributed by atoms with Gasteiger partial charge in [0.25, 0.3) is 0 Å². The Balaban J connectivity index is 1.67. The molecule has 0 radical (unpaired) electrons. The first-order valence-corrected chi connectivity index (χ1v) is 7.62. The monoisotopic (exact) mass is 298 g/mol. The number of aromatic nitrogens is 2. The molecule has 7 heteroatoms. The normalized spacial score (nSPS) is 24.8.